The zero-order chi connectivity index (χ0) is 17.1. The second-order valence-electron chi connectivity index (χ2n) is 6.10. The van der Waals surface area contributed by atoms with Crippen molar-refractivity contribution in [3.05, 3.63) is 39.4 Å². The van der Waals surface area contributed by atoms with Gasteiger partial charge in [-0.05, 0) is 38.1 Å². The van der Waals surface area contributed by atoms with Crippen molar-refractivity contribution >= 4 is 45.1 Å². The molecule has 1 N–H and O–H groups in total. The summed E-state index contributed by atoms with van der Waals surface area (Å²) in [5.41, 5.74) is 0.557. The van der Waals surface area contributed by atoms with Crippen LogP contribution in [-0.2, 0) is 11.3 Å². The summed E-state index contributed by atoms with van der Waals surface area (Å²) >= 11 is 3.38. The van der Waals surface area contributed by atoms with E-state index in [1.165, 1.54) is 10.9 Å². The molecule has 8 heteroatoms. The lowest BCUT2D eigenvalue weighted by Crippen LogP contribution is -2.41. The van der Waals surface area contributed by atoms with Gasteiger partial charge in [0.15, 0.2) is 0 Å². The van der Waals surface area contributed by atoms with Gasteiger partial charge < -0.3 is 10.2 Å². The quantitative estimate of drug-likeness (QED) is 0.791. The van der Waals surface area contributed by atoms with Crippen LogP contribution in [0, 0.1) is 0 Å². The van der Waals surface area contributed by atoms with E-state index in [1.54, 1.807) is 6.07 Å². The number of amides is 1. The molecule has 1 fully saturated rings. The third-order valence-electron chi connectivity index (χ3n) is 4.49. The van der Waals surface area contributed by atoms with Crippen LogP contribution in [0.2, 0.25) is 0 Å². The highest BCUT2D eigenvalue weighted by molar-refractivity contribution is 9.10. The molecule has 2 aromatic rings. The van der Waals surface area contributed by atoms with Crippen molar-refractivity contribution < 1.29 is 4.79 Å². The summed E-state index contributed by atoms with van der Waals surface area (Å²) in [6, 6.07) is 5.71. The van der Waals surface area contributed by atoms with Gasteiger partial charge in [-0.25, -0.2) is 4.98 Å². The first-order chi connectivity index (χ1) is 11.6. The average molecular weight is 430 g/mol. The van der Waals surface area contributed by atoms with Crippen molar-refractivity contribution in [3.63, 3.8) is 0 Å². The van der Waals surface area contributed by atoms with E-state index in [1.807, 2.05) is 24.1 Å². The number of nitrogens with zero attached hydrogens (tertiary/aromatic N) is 3. The number of aromatic nitrogens is 2. The van der Waals surface area contributed by atoms with Crippen molar-refractivity contribution in [3.8, 4) is 0 Å². The highest BCUT2D eigenvalue weighted by Gasteiger charge is 2.27. The van der Waals surface area contributed by atoms with Gasteiger partial charge >= 0.3 is 0 Å². The normalized spacial score (nSPS) is 16.9. The third-order valence-corrected chi connectivity index (χ3v) is 4.98. The number of carbonyl (C=O) groups is 1. The number of likely N-dealkylation sites (tertiary alicyclic amines) is 1. The van der Waals surface area contributed by atoms with Crippen LogP contribution in [0.3, 0.4) is 0 Å². The molecule has 25 heavy (non-hydrogen) atoms. The van der Waals surface area contributed by atoms with Crippen molar-refractivity contribution in [1.29, 1.82) is 0 Å². The molecule has 0 radical (unpaired) electrons. The molecule has 1 aromatic carbocycles. The molecular formula is C17H22BrClN4O2. The van der Waals surface area contributed by atoms with Crippen LogP contribution in [0.4, 0.5) is 0 Å². The first kappa shape index (κ1) is 19.9. The van der Waals surface area contributed by atoms with E-state index in [-0.39, 0.29) is 29.9 Å². The molecule has 0 saturated carbocycles. The lowest BCUT2D eigenvalue weighted by Gasteiger charge is -2.24. The summed E-state index contributed by atoms with van der Waals surface area (Å²) in [5, 5.41) is 3.70. The van der Waals surface area contributed by atoms with Crippen LogP contribution < -0.4 is 10.9 Å². The molecule has 1 aromatic heterocycles. The Labute approximate surface area is 161 Å². The molecule has 1 unspecified atom stereocenters. The molecule has 1 aliphatic rings. The maximum atomic E-state index is 12.5. The molecule has 1 aliphatic heterocycles. The number of hydrogen-bond acceptors (Lipinski definition) is 4. The molecule has 0 spiro atoms. The van der Waals surface area contributed by atoms with Gasteiger partial charge in [0.25, 0.3) is 5.56 Å². The fraction of sp³-hybridized carbons (Fsp3) is 0.471. The highest BCUT2D eigenvalue weighted by atomic mass is 79.9. The lowest BCUT2D eigenvalue weighted by atomic mass is 10.2. The first-order valence-electron chi connectivity index (χ1n) is 8.19. The second-order valence-corrected chi connectivity index (χ2v) is 7.01. The number of benzene rings is 1. The van der Waals surface area contributed by atoms with Crippen molar-refractivity contribution in [2.75, 3.05) is 20.1 Å². The highest BCUT2D eigenvalue weighted by Crippen LogP contribution is 2.18. The number of nitrogens with one attached hydrogen (secondary N) is 1. The number of likely N-dealkylation sites (N-methyl/N-ethyl adjacent to an activating group) is 1. The van der Waals surface area contributed by atoms with Gasteiger partial charge in [0.2, 0.25) is 5.91 Å². The molecule has 1 atom stereocenters. The Morgan fingerprint density at radius 1 is 1.44 bits per heavy atom. The van der Waals surface area contributed by atoms with E-state index in [4.69, 9.17) is 0 Å². The maximum Gasteiger partial charge on any atom is 0.261 e. The smallest absolute Gasteiger partial charge is 0.261 e. The predicted octanol–water partition coefficient (Wildman–Crippen LogP) is 2.18. The van der Waals surface area contributed by atoms with Gasteiger partial charge in [-0.15, -0.1) is 12.4 Å². The molecule has 1 amide bonds. The summed E-state index contributed by atoms with van der Waals surface area (Å²) < 4.78 is 2.37. The standard InChI is InChI=1S/C17H21BrN4O2.ClH/c1-19-10-13-3-2-7-22(13)16(23)6-8-21-11-20-15-5-4-12(18)9-14(15)17(21)24;/h4-5,9,11,13,19H,2-3,6-8,10H2,1H3;1H. The molecule has 2 heterocycles. The number of fused-ring (bicyclic) bond motifs is 1. The number of carbonyl (C=O) groups excluding carboxylic acids is 1. The van der Waals surface area contributed by atoms with Crippen molar-refractivity contribution in [2.45, 2.75) is 31.8 Å². The molecule has 1 saturated heterocycles. The van der Waals surface area contributed by atoms with E-state index < -0.39 is 0 Å². The van der Waals surface area contributed by atoms with Gasteiger partial charge in [-0.2, -0.15) is 0 Å². The van der Waals surface area contributed by atoms with Crippen LogP contribution >= 0.6 is 28.3 Å². The van der Waals surface area contributed by atoms with E-state index in [9.17, 15) is 9.59 Å². The zero-order valence-electron chi connectivity index (χ0n) is 14.1. The summed E-state index contributed by atoms with van der Waals surface area (Å²) in [4.78, 5) is 31.3. The Morgan fingerprint density at radius 2 is 2.24 bits per heavy atom. The molecule has 136 valence electrons. The lowest BCUT2D eigenvalue weighted by molar-refractivity contribution is -0.132. The number of rotatable bonds is 5. The van der Waals surface area contributed by atoms with Crippen LogP contribution in [0.5, 0.6) is 0 Å². The fourth-order valence-corrected chi connectivity index (χ4v) is 3.62. The number of halogens is 2. The molecular weight excluding hydrogens is 408 g/mol. The zero-order valence-corrected chi connectivity index (χ0v) is 16.5. The molecule has 6 nitrogen and oxygen atoms in total. The molecule has 3 rings (SSSR count). The SMILES string of the molecule is CNCC1CCCN1C(=O)CCn1cnc2ccc(Br)cc2c1=O.Cl. The van der Waals surface area contributed by atoms with E-state index in [2.05, 4.69) is 26.2 Å². The van der Waals surface area contributed by atoms with Crippen molar-refractivity contribution in [2.24, 2.45) is 0 Å². The number of aryl methyl sites for hydroxylation is 1. The van der Waals surface area contributed by atoms with Gasteiger partial charge in [0, 0.05) is 36.6 Å². The minimum absolute atomic E-state index is 0. The minimum Gasteiger partial charge on any atom is -0.338 e. The number of hydrogen-bond donors (Lipinski definition) is 1. The summed E-state index contributed by atoms with van der Waals surface area (Å²) in [6.45, 7) is 1.98. The topological polar surface area (TPSA) is 67.2 Å². The predicted molar refractivity (Wildman–Crippen MR) is 104 cm³/mol. The monoisotopic (exact) mass is 428 g/mol. The van der Waals surface area contributed by atoms with Crippen LogP contribution in [0.25, 0.3) is 10.9 Å². The largest absolute Gasteiger partial charge is 0.338 e. The Kier molecular flexibility index (Phi) is 6.98. The Balaban J connectivity index is 0.00000225. The fourth-order valence-electron chi connectivity index (χ4n) is 3.26. The van der Waals surface area contributed by atoms with Gasteiger partial charge in [0.1, 0.15) is 0 Å². The van der Waals surface area contributed by atoms with E-state index in [0.717, 1.165) is 30.4 Å². The summed E-state index contributed by atoms with van der Waals surface area (Å²) in [7, 11) is 1.90. The van der Waals surface area contributed by atoms with Crippen LogP contribution in [-0.4, -0.2) is 46.5 Å². The minimum atomic E-state index is -0.109. The average Bonchev–Trinajstić information content (AvgIpc) is 3.03. The van der Waals surface area contributed by atoms with Gasteiger partial charge in [-0.3, -0.25) is 14.2 Å². The first-order valence-corrected chi connectivity index (χ1v) is 8.98. The second kappa shape index (κ2) is 8.78. The van der Waals surface area contributed by atoms with E-state index >= 15 is 0 Å². The van der Waals surface area contributed by atoms with Crippen molar-refractivity contribution in [1.82, 2.24) is 19.8 Å². The van der Waals surface area contributed by atoms with Gasteiger partial charge in [-0.1, -0.05) is 15.9 Å². The van der Waals surface area contributed by atoms with Gasteiger partial charge in [0.05, 0.1) is 17.2 Å². The third kappa shape index (κ3) is 4.40. The maximum absolute atomic E-state index is 12.5. The van der Waals surface area contributed by atoms with Crippen LogP contribution in [0.1, 0.15) is 19.3 Å². The summed E-state index contributed by atoms with van der Waals surface area (Å²) in [6.07, 6.45) is 3.93. The summed E-state index contributed by atoms with van der Waals surface area (Å²) in [5.74, 6) is 0.106. The molecule has 0 aliphatic carbocycles. The Morgan fingerprint density at radius 3 is 3.00 bits per heavy atom. The van der Waals surface area contributed by atoms with E-state index in [0.29, 0.717) is 23.9 Å². The molecule has 0 bridgehead atoms. The Hall–Kier alpha value is -1.44. The Bertz CT molecular complexity index is 811. The van der Waals surface area contributed by atoms with Crippen LogP contribution in [0.15, 0.2) is 33.8 Å².